The molecule has 120 valence electrons. The zero-order chi connectivity index (χ0) is 16.4. The Morgan fingerprint density at radius 1 is 1.22 bits per heavy atom. The lowest BCUT2D eigenvalue weighted by molar-refractivity contribution is 0.0784. The first-order chi connectivity index (χ1) is 11.0. The van der Waals surface area contributed by atoms with Crippen LogP contribution in [0, 0.1) is 19.8 Å². The molecule has 1 amide bonds. The lowest BCUT2D eigenvalue weighted by Gasteiger charge is -2.18. The highest BCUT2D eigenvalue weighted by molar-refractivity contribution is 6.30. The quantitative estimate of drug-likeness (QED) is 0.866. The summed E-state index contributed by atoms with van der Waals surface area (Å²) in [5.74, 6) is 0.546. The van der Waals surface area contributed by atoms with E-state index in [1.807, 2.05) is 30.9 Å². The maximum atomic E-state index is 12.8. The van der Waals surface area contributed by atoms with E-state index in [9.17, 15) is 4.79 Å². The minimum Gasteiger partial charge on any atom is -0.338 e. The molecule has 0 bridgehead atoms. The second kappa shape index (κ2) is 6.67. The molecule has 0 saturated carbocycles. The largest absolute Gasteiger partial charge is 0.338 e. The summed E-state index contributed by atoms with van der Waals surface area (Å²) in [6.07, 6.45) is 3.51. The number of carbonyl (C=O) groups excluding carboxylic acids is 1. The molecule has 0 N–H and O–H groups in total. The van der Waals surface area contributed by atoms with Crippen LogP contribution >= 0.6 is 11.6 Å². The average Bonchev–Trinajstić information content (AvgIpc) is 2.98. The summed E-state index contributed by atoms with van der Waals surface area (Å²) >= 11 is 5.93. The molecule has 1 fully saturated rings. The Morgan fingerprint density at radius 2 is 1.87 bits per heavy atom. The molecule has 0 aliphatic carbocycles. The van der Waals surface area contributed by atoms with Crippen molar-refractivity contribution in [3.8, 4) is 0 Å². The van der Waals surface area contributed by atoms with Gasteiger partial charge in [-0.3, -0.25) is 4.79 Å². The molecular weight excluding hydrogens is 310 g/mol. The Morgan fingerprint density at radius 3 is 2.52 bits per heavy atom. The van der Waals surface area contributed by atoms with Gasteiger partial charge < -0.3 is 4.90 Å². The zero-order valence-corrected chi connectivity index (χ0v) is 14.2. The van der Waals surface area contributed by atoms with Gasteiger partial charge in [-0.1, -0.05) is 23.7 Å². The van der Waals surface area contributed by atoms with Crippen LogP contribution in [-0.4, -0.2) is 33.9 Å². The molecule has 3 rings (SSSR count). The molecule has 1 saturated heterocycles. The molecule has 2 heterocycles. The Labute approximate surface area is 141 Å². The van der Waals surface area contributed by atoms with E-state index in [4.69, 9.17) is 11.6 Å². The molecule has 0 spiro atoms. The van der Waals surface area contributed by atoms with Gasteiger partial charge in [0.05, 0.1) is 17.0 Å². The minimum absolute atomic E-state index is 0.0548. The van der Waals surface area contributed by atoms with Gasteiger partial charge in [-0.05, 0) is 50.3 Å². The van der Waals surface area contributed by atoms with Crippen LogP contribution in [0.2, 0.25) is 5.02 Å². The van der Waals surface area contributed by atoms with E-state index in [-0.39, 0.29) is 5.91 Å². The number of benzene rings is 1. The van der Waals surface area contributed by atoms with Crippen molar-refractivity contribution in [3.63, 3.8) is 0 Å². The maximum Gasteiger partial charge on any atom is 0.257 e. The van der Waals surface area contributed by atoms with Crippen molar-refractivity contribution in [2.75, 3.05) is 13.1 Å². The molecule has 2 aromatic rings. The number of nitrogens with zero attached hydrogens (tertiary/aromatic N) is 3. The number of hydrogen-bond donors (Lipinski definition) is 0. The number of carbonyl (C=O) groups is 1. The number of aryl methyl sites for hydroxylation is 2. The molecule has 23 heavy (non-hydrogen) atoms. The summed E-state index contributed by atoms with van der Waals surface area (Å²) in [5.41, 5.74) is 3.43. The van der Waals surface area contributed by atoms with Gasteiger partial charge in [-0.2, -0.15) is 0 Å². The van der Waals surface area contributed by atoms with Crippen molar-refractivity contribution in [2.45, 2.75) is 26.7 Å². The Hall–Kier alpha value is -1.94. The third kappa shape index (κ3) is 3.53. The van der Waals surface area contributed by atoms with Crippen molar-refractivity contribution in [1.82, 2.24) is 14.9 Å². The van der Waals surface area contributed by atoms with Crippen molar-refractivity contribution in [1.29, 1.82) is 0 Å². The first-order valence-corrected chi connectivity index (χ1v) is 8.24. The fraction of sp³-hybridized carbons (Fsp3) is 0.389. The highest BCUT2D eigenvalue weighted by Gasteiger charge is 2.29. The first kappa shape index (κ1) is 15.9. The highest BCUT2D eigenvalue weighted by atomic mass is 35.5. The van der Waals surface area contributed by atoms with Crippen molar-refractivity contribution >= 4 is 17.5 Å². The average molecular weight is 330 g/mol. The second-order valence-corrected chi connectivity index (χ2v) is 6.59. The second-order valence-electron chi connectivity index (χ2n) is 6.16. The number of amides is 1. The summed E-state index contributed by atoms with van der Waals surface area (Å²) in [5, 5.41) is 0.756. The predicted octanol–water partition coefficient (Wildman–Crippen LogP) is 3.45. The first-order valence-electron chi connectivity index (χ1n) is 7.86. The van der Waals surface area contributed by atoms with E-state index in [1.165, 1.54) is 11.9 Å². The minimum atomic E-state index is 0.0548. The number of halogens is 1. The molecular formula is C18H20ClN3O. The Kier molecular flexibility index (Phi) is 4.62. The molecule has 1 aliphatic rings. The van der Waals surface area contributed by atoms with Gasteiger partial charge in [0.25, 0.3) is 5.91 Å². The molecule has 1 aromatic carbocycles. The van der Waals surface area contributed by atoms with Gasteiger partial charge in [0.1, 0.15) is 6.33 Å². The Bertz CT molecular complexity index is 694. The van der Waals surface area contributed by atoms with Crippen LogP contribution in [0.25, 0.3) is 0 Å². The zero-order valence-electron chi connectivity index (χ0n) is 13.4. The van der Waals surface area contributed by atoms with E-state index in [1.54, 1.807) is 0 Å². The summed E-state index contributed by atoms with van der Waals surface area (Å²) in [4.78, 5) is 23.0. The lowest BCUT2D eigenvalue weighted by atomic mass is 9.99. The Balaban J connectivity index is 1.67. The highest BCUT2D eigenvalue weighted by Crippen LogP contribution is 2.24. The van der Waals surface area contributed by atoms with Crippen LogP contribution in [0.3, 0.4) is 0 Å². The van der Waals surface area contributed by atoms with E-state index in [0.717, 1.165) is 42.3 Å². The third-order valence-electron chi connectivity index (χ3n) is 4.45. The summed E-state index contributed by atoms with van der Waals surface area (Å²) in [7, 11) is 0. The van der Waals surface area contributed by atoms with Crippen LogP contribution in [0.4, 0.5) is 0 Å². The van der Waals surface area contributed by atoms with Crippen molar-refractivity contribution in [2.24, 2.45) is 5.92 Å². The molecule has 1 atom stereocenters. The van der Waals surface area contributed by atoms with E-state index in [0.29, 0.717) is 11.5 Å². The molecule has 1 unspecified atom stereocenters. The van der Waals surface area contributed by atoms with E-state index >= 15 is 0 Å². The standard InChI is InChI=1S/C18H20ClN3O/c1-12-17(13(2)21-11-20-12)18(23)22-8-7-15(10-22)9-14-3-5-16(19)6-4-14/h3-6,11,15H,7-10H2,1-2H3. The molecule has 4 nitrogen and oxygen atoms in total. The fourth-order valence-corrected chi connectivity index (χ4v) is 3.32. The van der Waals surface area contributed by atoms with Gasteiger partial charge in [0, 0.05) is 18.1 Å². The fourth-order valence-electron chi connectivity index (χ4n) is 3.20. The predicted molar refractivity (Wildman–Crippen MR) is 90.7 cm³/mol. The van der Waals surface area contributed by atoms with Gasteiger partial charge in [0.2, 0.25) is 0 Å². The van der Waals surface area contributed by atoms with Crippen LogP contribution < -0.4 is 0 Å². The smallest absolute Gasteiger partial charge is 0.257 e. The van der Waals surface area contributed by atoms with Crippen LogP contribution in [0.1, 0.15) is 33.7 Å². The van der Waals surface area contributed by atoms with Crippen LogP contribution in [0.5, 0.6) is 0 Å². The van der Waals surface area contributed by atoms with E-state index in [2.05, 4.69) is 22.1 Å². The molecule has 5 heteroatoms. The third-order valence-corrected chi connectivity index (χ3v) is 4.70. The van der Waals surface area contributed by atoms with Crippen molar-refractivity contribution in [3.05, 3.63) is 58.1 Å². The number of rotatable bonds is 3. The molecule has 1 aromatic heterocycles. The van der Waals surface area contributed by atoms with Crippen molar-refractivity contribution < 1.29 is 4.79 Å². The summed E-state index contributed by atoms with van der Waals surface area (Å²) in [6.45, 7) is 5.31. The van der Waals surface area contributed by atoms with E-state index < -0.39 is 0 Å². The normalized spacial score (nSPS) is 17.5. The summed E-state index contributed by atoms with van der Waals surface area (Å²) < 4.78 is 0. The van der Waals surface area contributed by atoms with Gasteiger partial charge in [0.15, 0.2) is 0 Å². The monoisotopic (exact) mass is 329 g/mol. The van der Waals surface area contributed by atoms with Crippen LogP contribution in [0.15, 0.2) is 30.6 Å². The SMILES string of the molecule is Cc1ncnc(C)c1C(=O)N1CCC(Cc2ccc(Cl)cc2)C1. The van der Waals surface area contributed by atoms with Gasteiger partial charge >= 0.3 is 0 Å². The van der Waals surface area contributed by atoms with Gasteiger partial charge in [-0.25, -0.2) is 9.97 Å². The summed E-state index contributed by atoms with van der Waals surface area (Å²) in [6, 6.07) is 7.96. The lowest BCUT2D eigenvalue weighted by Crippen LogP contribution is -2.30. The van der Waals surface area contributed by atoms with Gasteiger partial charge in [-0.15, -0.1) is 0 Å². The maximum absolute atomic E-state index is 12.8. The number of aromatic nitrogens is 2. The molecule has 1 aliphatic heterocycles. The topological polar surface area (TPSA) is 46.1 Å². The van der Waals surface area contributed by atoms with Crippen LogP contribution in [-0.2, 0) is 6.42 Å². The number of likely N-dealkylation sites (tertiary alicyclic amines) is 1. The number of hydrogen-bond acceptors (Lipinski definition) is 3. The molecule has 0 radical (unpaired) electrons.